The fourth-order valence-corrected chi connectivity index (χ4v) is 6.02. The third-order valence-electron chi connectivity index (χ3n) is 9.49. The van der Waals surface area contributed by atoms with Gasteiger partial charge >= 0.3 is 5.97 Å². The van der Waals surface area contributed by atoms with E-state index in [2.05, 4.69) is 28.2 Å². The number of rotatable bonds is 16. The molecule has 0 spiro atoms. The van der Waals surface area contributed by atoms with Crippen LogP contribution in [0.25, 0.3) is 0 Å². The number of carbonyl (C=O) groups is 6. The molecule has 14 nitrogen and oxygen atoms in total. The van der Waals surface area contributed by atoms with Crippen LogP contribution in [-0.4, -0.2) is 103 Å². The van der Waals surface area contributed by atoms with Gasteiger partial charge in [-0.15, -0.1) is 0 Å². The first kappa shape index (κ1) is 44.8. The Hall–Kier alpha value is -3.26. The maximum Gasteiger partial charge on any atom is 0.325 e. The molecule has 0 bridgehead atoms. The topological polar surface area (TPSA) is 209 Å². The standard InChI is InChI=1S/C36H66N6O8/c1-8-10-11-12-13-14-15-16-17-29-25(6)36(49)42(7)28(20-23(3)4)34(47)41-31(24(5)9-2)35(48)40-27(22-43)33(46)39-26(18-19-37)32(45)38-21-30(44)50-29/h23-29,31,43H,8-22,37H2,1-7H3,(H,38,45)(H,39,46)(H,40,48)(H,41,47)/t24?,25-,26+,27+,28+,29-,31+/m1/s1. The van der Waals surface area contributed by atoms with Crippen molar-refractivity contribution < 1.29 is 38.6 Å². The summed E-state index contributed by atoms with van der Waals surface area (Å²) in [4.78, 5) is 82.1. The van der Waals surface area contributed by atoms with Gasteiger partial charge in [-0.05, 0) is 44.1 Å². The van der Waals surface area contributed by atoms with Gasteiger partial charge in [-0.1, -0.05) is 92.9 Å². The number of nitrogens with two attached hydrogens (primary N) is 1. The molecule has 288 valence electrons. The second kappa shape index (κ2) is 24.0. The van der Waals surface area contributed by atoms with Gasteiger partial charge < -0.3 is 41.7 Å². The predicted molar refractivity (Wildman–Crippen MR) is 191 cm³/mol. The molecule has 0 aromatic rings. The molecule has 1 fully saturated rings. The van der Waals surface area contributed by atoms with Gasteiger partial charge in [0.25, 0.3) is 0 Å². The Morgan fingerprint density at radius 1 is 0.820 bits per heavy atom. The lowest BCUT2D eigenvalue weighted by molar-refractivity contribution is -0.157. The van der Waals surface area contributed by atoms with Crippen LogP contribution in [0.4, 0.5) is 0 Å². The molecule has 0 saturated carbocycles. The summed E-state index contributed by atoms with van der Waals surface area (Å²) in [5, 5.41) is 20.3. The van der Waals surface area contributed by atoms with Crippen molar-refractivity contribution in [3.05, 3.63) is 0 Å². The molecule has 1 aliphatic heterocycles. The smallest absolute Gasteiger partial charge is 0.325 e. The second-order valence-electron chi connectivity index (χ2n) is 14.1. The van der Waals surface area contributed by atoms with Crippen LogP contribution in [0, 0.1) is 17.8 Å². The molecule has 0 radical (unpaired) electrons. The SMILES string of the molecule is CCCCCCCCCC[C@H]1OC(=O)CNC(=O)[C@H](CCN)NC(=O)[C@H](CO)NC(=O)[C@H](C(C)CC)NC(=O)[C@H](CC(C)C)N(C)C(=O)[C@@H]1C. The Kier molecular flexibility index (Phi) is 21.5. The quantitative estimate of drug-likeness (QED) is 0.102. The number of aliphatic hydroxyl groups is 1. The van der Waals surface area contributed by atoms with Crippen molar-refractivity contribution in [2.45, 2.75) is 149 Å². The van der Waals surface area contributed by atoms with Gasteiger partial charge in [0.1, 0.15) is 36.8 Å². The van der Waals surface area contributed by atoms with Crippen LogP contribution in [0.5, 0.6) is 0 Å². The Morgan fingerprint density at radius 3 is 1.98 bits per heavy atom. The van der Waals surface area contributed by atoms with E-state index in [1.54, 1.807) is 13.8 Å². The molecule has 5 amide bonds. The predicted octanol–water partition coefficient (Wildman–Crippen LogP) is 1.91. The molecule has 7 N–H and O–H groups in total. The van der Waals surface area contributed by atoms with Crippen molar-refractivity contribution in [3.8, 4) is 0 Å². The summed E-state index contributed by atoms with van der Waals surface area (Å²) >= 11 is 0. The van der Waals surface area contributed by atoms with Crippen LogP contribution in [0.2, 0.25) is 0 Å². The number of likely N-dealkylation sites (N-methyl/N-ethyl adjacent to an activating group) is 1. The number of cyclic esters (lactones) is 1. The van der Waals surface area contributed by atoms with Crippen molar-refractivity contribution in [1.29, 1.82) is 0 Å². The molecule has 0 aromatic heterocycles. The molecule has 1 aliphatic rings. The first-order chi connectivity index (χ1) is 23.7. The van der Waals surface area contributed by atoms with E-state index in [1.165, 1.54) is 31.2 Å². The highest BCUT2D eigenvalue weighted by Gasteiger charge is 2.38. The van der Waals surface area contributed by atoms with Crippen molar-refractivity contribution >= 4 is 35.5 Å². The van der Waals surface area contributed by atoms with E-state index in [4.69, 9.17) is 10.5 Å². The first-order valence-electron chi connectivity index (χ1n) is 18.7. The maximum absolute atomic E-state index is 14.0. The van der Waals surface area contributed by atoms with E-state index in [0.29, 0.717) is 19.3 Å². The average molecular weight is 711 g/mol. The normalized spacial score (nSPS) is 25.8. The van der Waals surface area contributed by atoms with Gasteiger partial charge in [-0.3, -0.25) is 28.8 Å². The van der Waals surface area contributed by atoms with E-state index >= 15 is 0 Å². The fourth-order valence-electron chi connectivity index (χ4n) is 6.02. The Labute approximate surface area is 299 Å². The van der Waals surface area contributed by atoms with Crippen molar-refractivity contribution in [2.24, 2.45) is 23.5 Å². The molecule has 0 aromatic carbocycles. The molecule has 0 aliphatic carbocycles. The van der Waals surface area contributed by atoms with Crippen LogP contribution in [-0.2, 0) is 33.5 Å². The molecular formula is C36H66N6O8. The van der Waals surface area contributed by atoms with Gasteiger partial charge in [0.2, 0.25) is 29.5 Å². The molecule has 7 atom stereocenters. The molecule has 50 heavy (non-hydrogen) atoms. The monoisotopic (exact) mass is 710 g/mol. The lowest BCUT2D eigenvalue weighted by atomic mass is 9.94. The molecule has 1 unspecified atom stereocenters. The van der Waals surface area contributed by atoms with Crippen LogP contribution in [0.15, 0.2) is 0 Å². The number of nitrogens with one attached hydrogen (secondary N) is 4. The zero-order chi connectivity index (χ0) is 37.8. The molecular weight excluding hydrogens is 644 g/mol. The molecule has 1 rings (SSSR count). The van der Waals surface area contributed by atoms with Crippen molar-refractivity contribution in [1.82, 2.24) is 26.2 Å². The number of hydrogen-bond donors (Lipinski definition) is 6. The third-order valence-corrected chi connectivity index (χ3v) is 9.49. The number of unbranched alkanes of at least 4 members (excludes halogenated alkanes) is 7. The number of aliphatic hydroxyl groups excluding tert-OH is 1. The average Bonchev–Trinajstić information content (AvgIpc) is 3.08. The van der Waals surface area contributed by atoms with Gasteiger partial charge in [0.05, 0.1) is 12.5 Å². The fraction of sp³-hybridized carbons (Fsp3) is 0.833. The summed E-state index contributed by atoms with van der Waals surface area (Å²) in [7, 11) is 1.53. The van der Waals surface area contributed by atoms with E-state index in [1.807, 2.05) is 20.8 Å². The number of esters is 1. The first-order valence-corrected chi connectivity index (χ1v) is 18.7. The van der Waals surface area contributed by atoms with Crippen LogP contribution >= 0.6 is 0 Å². The number of ether oxygens (including phenoxy) is 1. The highest BCUT2D eigenvalue weighted by atomic mass is 16.5. The molecule has 1 heterocycles. The minimum absolute atomic E-state index is 0.00674. The summed E-state index contributed by atoms with van der Waals surface area (Å²) in [5.74, 6) is -5.11. The Morgan fingerprint density at radius 2 is 1.42 bits per heavy atom. The summed E-state index contributed by atoms with van der Waals surface area (Å²) in [6.45, 7) is 10.0. The number of nitrogens with zero attached hydrogens (tertiary/aromatic N) is 1. The number of hydrogen-bond acceptors (Lipinski definition) is 9. The summed E-state index contributed by atoms with van der Waals surface area (Å²) in [6, 6.07) is -4.65. The van der Waals surface area contributed by atoms with Crippen molar-refractivity contribution in [3.63, 3.8) is 0 Å². The minimum atomic E-state index is -1.44. The second-order valence-corrected chi connectivity index (χ2v) is 14.1. The third kappa shape index (κ3) is 15.3. The van der Waals surface area contributed by atoms with Crippen LogP contribution in [0.1, 0.15) is 119 Å². The van der Waals surface area contributed by atoms with Gasteiger partial charge in [0, 0.05) is 7.05 Å². The summed E-state index contributed by atoms with van der Waals surface area (Å²) in [5.41, 5.74) is 5.69. The Bertz CT molecular complexity index is 1090. The minimum Gasteiger partial charge on any atom is -0.460 e. The maximum atomic E-state index is 14.0. The number of amides is 5. The largest absolute Gasteiger partial charge is 0.460 e. The zero-order valence-corrected chi connectivity index (χ0v) is 31.6. The van der Waals surface area contributed by atoms with Gasteiger partial charge in [-0.25, -0.2) is 0 Å². The highest BCUT2D eigenvalue weighted by Crippen LogP contribution is 2.22. The van der Waals surface area contributed by atoms with E-state index in [0.717, 1.165) is 32.1 Å². The lowest BCUT2D eigenvalue weighted by Crippen LogP contribution is -2.60. The highest BCUT2D eigenvalue weighted by molar-refractivity contribution is 5.96. The zero-order valence-electron chi connectivity index (χ0n) is 31.6. The lowest BCUT2D eigenvalue weighted by Gasteiger charge is -2.34. The van der Waals surface area contributed by atoms with Crippen LogP contribution < -0.4 is 27.0 Å². The summed E-state index contributed by atoms with van der Waals surface area (Å²) < 4.78 is 5.82. The Balaban J connectivity index is 3.49. The molecule has 1 saturated heterocycles. The van der Waals surface area contributed by atoms with Crippen LogP contribution in [0.3, 0.4) is 0 Å². The van der Waals surface area contributed by atoms with E-state index in [-0.39, 0.29) is 24.8 Å². The van der Waals surface area contributed by atoms with E-state index < -0.39 is 84.8 Å². The van der Waals surface area contributed by atoms with E-state index in [9.17, 15) is 33.9 Å². The van der Waals surface area contributed by atoms with Gasteiger partial charge in [0.15, 0.2) is 0 Å². The summed E-state index contributed by atoms with van der Waals surface area (Å²) in [6.07, 6.45) is 8.92. The number of carbonyl (C=O) groups excluding carboxylic acids is 6. The molecule has 14 heteroatoms. The van der Waals surface area contributed by atoms with Crippen molar-refractivity contribution in [2.75, 3.05) is 26.7 Å². The van der Waals surface area contributed by atoms with Gasteiger partial charge in [-0.2, -0.15) is 0 Å².